The predicted molar refractivity (Wildman–Crippen MR) is 93.1 cm³/mol. The number of hydrogen-bond acceptors (Lipinski definition) is 5. The second-order valence-corrected chi connectivity index (χ2v) is 6.04. The van der Waals surface area contributed by atoms with E-state index < -0.39 is 6.10 Å². The van der Waals surface area contributed by atoms with Gasteiger partial charge in [-0.15, -0.1) is 0 Å². The van der Waals surface area contributed by atoms with Crippen LogP contribution in [0.3, 0.4) is 0 Å². The first kappa shape index (κ1) is 15.7. The van der Waals surface area contributed by atoms with Crippen LogP contribution in [0.15, 0.2) is 47.3 Å². The van der Waals surface area contributed by atoms with Crippen LogP contribution in [0.2, 0.25) is 0 Å². The molecule has 1 N–H and O–H groups in total. The Balaban J connectivity index is 1.67. The molecule has 4 rings (SSSR count). The zero-order valence-corrected chi connectivity index (χ0v) is 13.8. The van der Waals surface area contributed by atoms with Gasteiger partial charge < -0.3 is 14.6 Å². The summed E-state index contributed by atoms with van der Waals surface area (Å²) in [7, 11) is 0. The monoisotopic (exact) mass is 338 g/mol. The van der Waals surface area contributed by atoms with Crippen molar-refractivity contribution in [1.82, 2.24) is 9.78 Å². The molecule has 0 bridgehead atoms. The van der Waals surface area contributed by atoms with Gasteiger partial charge in [0.2, 0.25) is 0 Å². The van der Waals surface area contributed by atoms with E-state index in [9.17, 15) is 9.90 Å². The van der Waals surface area contributed by atoms with Crippen LogP contribution < -0.4 is 15.0 Å². The molecule has 0 aliphatic carbocycles. The fourth-order valence-corrected chi connectivity index (χ4v) is 3.06. The number of ether oxygens (including phenoxy) is 2. The zero-order valence-electron chi connectivity index (χ0n) is 13.8. The molecule has 2 aromatic carbocycles. The summed E-state index contributed by atoms with van der Waals surface area (Å²) >= 11 is 0. The number of aliphatic hydroxyl groups is 1. The number of fused-ring (bicyclic) bond motifs is 2. The van der Waals surface area contributed by atoms with Crippen LogP contribution in [-0.4, -0.2) is 28.1 Å². The highest BCUT2D eigenvalue weighted by molar-refractivity contribution is 5.83. The van der Waals surface area contributed by atoms with Crippen LogP contribution >= 0.6 is 0 Å². The van der Waals surface area contributed by atoms with E-state index in [4.69, 9.17) is 9.47 Å². The molecule has 0 radical (unpaired) electrons. The summed E-state index contributed by atoms with van der Waals surface area (Å²) in [5.74, 6) is 1.27. The Hall–Kier alpha value is -2.86. The quantitative estimate of drug-likeness (QED) is 0.793. The minimum absolute atomic E-state index is 0.0736. The molecular weight excluding hydrogens is 320 g/mol. The van der Waals surface area contributed by atoms with E-state index in [1.165, 1.54) is 4.68 Å². The van der Waals surface area contributed by atoms with Crippen molar-refractivity contribution in [3.63, 3.8) is 0 Å². The first-order chi connectivity index (χ1) is 12.1. The number of aromatic nitrogens is 2. The standard InChI is InChI=1S/C19H18N2O4/c1-12-14-4-2-3-5-15(14)19(23)21(20-12)11-16(22)13-6-7-17-18(10-13)25-9-8-24-17/h2-7,10,16,22H,8-9,11H2,1H3. The molecule has 128 valence electrons. The molecule has 25 heavy (non-hydrogen) atoms. The van der Waals surface area contributed by atoms with Crippen molar-refractivity contribution >= 4 is 10.8 Å². The summed E-state index contributed by atoms with van der Waals surface area (Å²) in [6.45, 7) is 2.93. The van der Waals surface area contributed by atoms with Gasteiger partial charge >= 0.3 is 0 Å². The Morgan fingerprint density at radius 1 is 1.12 bits per heavy atom. The molecule has 1 aliphatic heterocycles. The van der Waals surface area contributed by atoms with E-state index in [-0.39, 0.29) is 12.1 Å². The molecule has 0 amide bonds. The minimum atomic E-state index is -0.874. The number of nitrogens with zero attached hydrogens (tertiary/aromatic N) is 2. The number of rotatable bonds is 3. The summed E-state index contributed by atoms with van der Waals surface area (Å²) < 4.78 is 12.3. The van der Waals surface area contributed by atoms with Crippen LogP contribution in [0, 0.1) is 6.92 Å². The first-order valence-electron chi connectivity index (χ1n) is 8.17. The smallest absolute Gasteiger partial charge is 0.274 e. The largest absolute Gasteiger partial charge is 0.486 e. The van der Waals surface area contributed by atoms with E-state index in [1.807, 2.05) is 25.1 Å². The lowest BCUT2D eigenvalue weighted by Gasteiger charge is -2.20. The molecule has 6 nitrogen and oxygen atoms in total. The lowest BCUT2D eigenvalue weighted by Crippen LogP contribution is -2.27. The average molecular weight is 338 g/mol. The van der Waals surface area contributed by atoms with Gasteiger partial charge in [-0.1, -0.05) is 24.3 Å². The van der Waals surface area contributed by atoms with Gasteiger partial charge in [-0.25, -0.2) is 4.68 Å². The fraction of sp³-hybridized carbons (Fsp3) is 0.263. The topological polar surface area (TPSA) is 73.6 Å². The molecule has 1 unspecified atom stereocenters. The van der Waals surface area contributed by atoms with Gasteiger partial charge in [0, 0.05) is 5.39 Å². The van der Waals surface area contributed by atoms with Crippen molar-refractivity contribution in [3.8, 4) is 11.5 Å². The Kier molecular flexibility index (Phi) is 3.89. The van der Waals surface area contributed by atoms with Gasteiger partial charge in [-0.3, -0.25) is 4.79 Å². The van der Waals surface area contributed by atoms with Crippen LogP contribution in [0.25, 0.3) is 10.8 Å². The molecule has 0 spiro atoms. The SMILES string of the molecule is Cc1nn(CC(O)c2ccc3c(c2)OCCO3)c(=O)c2ccccc12. The third-order valence-electron chi connectivity index (χ3n) is 4.35. The Morgan fingerprint density at radius 3 is 2.64 bits per heavy atom. The van der Waals surface area contributed by atoms with Gasteiger partial charge in [-0.05, 0) is 30.7 Å². The van der Waals surface area contributed by atoms with E-state index >= 15 is 0 Å². The van der Waals surface area contributed by atoms with Crippen molar-refractivity contribution in [2.75, 3.05) is 13.2 Å². The van der Waals surface area contributed by atoms with Crippen molar-refractivity contribution in [2.24, 2.45) is 0 Å². The van der Waals surface area contributed by atoms with Crippen molar-refractivity contribution in [2.45, 2.75) is 19.6 Å². The second kappa shape index (κ2) is 6.22. The number of hydrogen-bond donors (Lipinski definition) is 1. The van der Waals surface area contributed by atoms with E-state index in [1.54, 1.807) is 24.3 Å². The number of benzene rings is 2. The van der Waals surface area contributed by atoms with Gasteiger partial charge in [0.25, 0.3) is 5.56 Å². The molecule has 6 heteroatoms. The first-order valence-corrected chi connectivity index (χ1v) is 8.17. The molecule has 1 aliphatic rings. The maximum absolute atomic E-state index is 12.6. The van der Waals surface area contributed by atoms with E-state index in [0.717, 1.165) is 11.1 Å². The van der Waals surface area contributed by atoms with Crippen molar-refractivity contribution in [3.05, 3.63) is 64.1 Å². The molecule has 1 aromatic heterocycles. The summed E-state index contributed by atoms with van der Waals surface area (Å²) in [6, 6.07) is 12.7. The van der Waals surface area contributed by atoms with Gasteiger partial charge in [-0.2, -0.15) is 5.10 Å². The van der Waals surface area contributed by atoms with Gasteiger partial charge in [0.1, 0.15) is 13.2 Å². The summed E-state index contributed by atoms with van der Waals surface area (Å²) in [5.41, 5.74) is 1.20. The van der Waals surface area contributed by atoms with Crippen LogP contribution in [0.1, 0.15) is 17.4 Å². The Morgan fingerprint density at radius 2 is 1.84 bits per heavy atom. The predicted octanol–water partition coefficient (Wildman–Crippen LogP) is 2.21. The zero-order chi connectivity index (χ0) is 17.4. The minimum Gasteiger partial charge on any atom is -0.486 e. The molecule has 0 fully saturated rings. The van der Waals surface area contributed by atoms with Crippen LogP contribution in [-0.2, 0) is 6.54 Å². The number of aliphatic hydroxyl groups excluding tert-OH is 1. The van der Waals surface area contributed by atoms with Crippen LogP contribution in [0.5, 0.6) is 11.5 Å². The molecule has 0 saturated carbocycles. The molecule has 2 heterocycles. The van der Waals surface area contributed by atoms with Gasteiger partial charge in [0.15, 0.2) is 11.5 Å². The average Bonchev–Trinajstić information content (AvgIpc) is 2.65. The van der Waals surface area contributed by atoms with Crippen LogP contribution in [0.4, 0.5) is 0 Å². The summed E-state index contributed by atoms with van der Waals surface area (Å²) in [5, 5.41) is 16.3. The van der Waals surface area contributed by atoms with E-state index in [2.05, 4.69) is 5.10 Å². The molecule has 0 saturated heterocycles. The third-order valence-corrected chi connectivity index (χ3v) is 4.35. The lowest BCUT2D eigenvalue weighted by atomic mass is 10.1. The highest BCUT2D eigenvalue weighted by Gasteiger charge is 2.17. The fourth-order valence-electron chi connectivity index (χ4n) is 3.06. The van der Waals surface area contributed by atoms with Gasteiger partial charge in [0.05, 0.1) is 23.7 Å². The number of aryl methyl sites for hydroxylation is 1. The highest BCUT2D eigenvalue weighted by atomic mass is 16.6. The lowest BCUT2D eigenvalue weighted by molar-refractivity contribution is 0.146. The van der Waals surface area contributed by atoms with E-state index in [0.29, 0.717) is 35.7 Å². The molecular formula is C19H18N2O4. The van der Waals surface area contributed by atoms with Crippen molar-refractivity contribution in [1.29, 1.82) is 0 Å². The maximum atomic E-state index is 12.6. The normalized spacial score (nSPS) is 14.5. The summed E-state index contributed by atoms with van der Waals surface area (Å²) in [6.07, 6.45) is -0.874. The molecule has 1 atom stereocenters. The molecule has 3 aromatic rings. The summed E-state index contributed by atoms with van der Waals surface area (Å²) in [4.78, 5) is 12.6. The Bertz CT molecular complexity index is 996. The third kappa shape index (κ3) is 2.85. The maximum Gasteiger partial charge on any atom is 0.274 e. The highest BCUT2D eigenvalue weighted by Crippen LogP contribution is 2.32. The van der Waals surface area contributed by atoms with Crippen molar-refractivity contribution < 1.29 is 14.6 Å². The second-order valence-electron chi connectivity index (χ2n) is 6.04. The Labute approximate surface area is 144 Å².